The summed E-state index contributed by atoms with van der Waals surface area (Å²) in [6, 6.07) is 10.6. The summed E-state index contributed by atoms with van der Waals surface area (Å²) < 4.78 is 5.41. The van der Waals surface area contributed by atoms with Crippen LogP contribution in [0.2, 0.25) is 0 Å². The van der Waals surface area contributed by atoms with Gasteiger partial charge in [-0.15, -0.1) is 0 Å². The van der Waals surface area contributed by atoms with E-state index < -0.39 is 0 Å². The number of ether oxygens (including phenoxy) is 1. The molecule has 3 atom stereocenters. The first kappa shape index (κ1) is 8.76. The van der Waals surface area contributed by atoms with Gasteiger partial charge in [-0.2, -0.15) is 0 Å². The lowest BCUT2D eigenvalue weighted by atomic mass is 9.96. The summed E-state index contributed by atoms with van der Waals surface area (Å²) in [7, 11) is 0. The monoisotopic (exact) mass is 176 g/mol. The summed E-state index contributed by atoms with van der Waals surface area (Å²) in [4.78, 5) is 0. The topological polar surface area (TPSA) is 12.5 Å². The predicted octanol–water partition coefficient (Wildman–Crippen LogP) is 2.97. The lowest BCUT2D eigenvalue weighted by molar-refractivity contribution is 0.362. The summed E-state index contributed by atoms with van der Waals surface area (Å²) in [5.41, 5.74) is 1.42. The van der Waals surface area contributed by atoms with Crippen molar-refractivity contribution in [2.75, 3.05) is 0 Å². The zero-order valence-electron chi connectivity index (χ0n) is 8.23. The highest BCUT2D eigenvalue weighted by Crippen LogP contribution is 2.31. The van der Waals surface area contributed by atoms with Crippen molar-refractivity contribution in [1.82, 2.24) is 0 Å². The molecule has 13 heavy (non-hydrogen) atoms. The molecule has 1 aliphatic heterocycles. The van der Waals surface area contributed by atoms with Gasteiger partial charge in [-0.1, -0.05) is 37.3 Å². The van der Waals surface area contributed by atoms with Crippen molar-refractivity contribution in [1.29, 1.82) is 0 Å². The van der Waals surface area contributed by atoms with Crippen molar-refractivity contribution in [2.24, 2.45) is 0 Å². The van der Waals surface area contributed by atoms with Crippen molar-refractivity contribution in [3.05, 3.63) is 35.9 Å². The van der Waals surface area contributed by atoms with E-state index in [-0.39, 0.29) is 0 Å². The van der Waals surface area contributed by atoms with Crippen LogP contribution in [0.5, 0.6) is 0 Å². The Bertz CT molecular complexity index is 268. The molecule has 0 N–H and O–H groups in total. The lowest BCUT2D eigenvalue weighted by Crippen LogP contribution is -1.99. The second kappa shape index (κ2) is 3.51. The number of hydrogen-bond acceptors (Lipinski definition) is 1. The van der Waals surface area contributed by atoms with E-state index in [9.17, 15) is 0 Å². The van der Waals surface area contributed by atoms with E-state index in [0.717, 1.165) is 6.42 Å². The minimum absolute atomic E-state index is 0.492. The Kier molecular flexibility index (Phi) is 2.36. The van der Waals surface area contributed by atoms with E-state index in [4.69, 9.17) is 4.74 Å². The second-order valence-corrected chi connectivity index (χ2v) is 3.93. The number of hydrogen-bond donors (Lipinski definition) is 0. The van der Waals surface area contributed by atoms with Gasteiger partial charge in [-0.25, -0.2) is 0 Å². The van der Waals surface area contributed by atoms with Crippen LogP contribution in [-0.4, -0.2) is 12.2 Å². The Morgan fingerprint density at radius 2 is 1.92 bits per heavy atom. The zero-order chi connectivity index (χ0) is 9.26. The minimum Gasteiger partial charge on any atom is -0.370 e. The molecule has 1 aromatic carbocycles. The molecule has 1 saturated heterocycles. The molecule has 2 rings (SSSR count). The quantitative estimate of drug-likeness (QED) is 0.645. The third-order valence-corrected chi connectivity index (χ3v) is 2.79. The predicted molar refractivity (Wildman–Crippen MR) is 53.8 cm³/mol. The van der Waals surface area contributed by atoms with Gasteiger partial charge in [0.05, 0.1) is 12.2 Å². The Hall–Kier alpha value is -0.820. The highest BCUT2D eigenvalue weighted by Gasteiger charge is 2.35. The lowest BCUT2D eigenvalue weighted by Gasteiger charge is -2.09. The van der Waals surface area contributed by atoms with Crippen LogP contribution in [0.1, 0.15) is 31.7 Å². The molecule has 0 bridgehead atoms. The summed E-state index contributed by atoms with van der Waals surface area (Å²) in [5.74, 6) is 0.621. The normalized spacial score (nSPS) is 28.5. The number of benzene rings is 1. The fraction of sp³-hybridized carbons (Fsp3) is 0.500. The van der Waals surface area contributed by atoms with Crippen molar-refractivity contribution < 1.29 is 4.74 Å². The molecule has 1 fully saturated rings. The largest absolute Gasteiger partial charge is 0.370 e. The molecule has 1 aromatic rings. The van der Waals surface area contributed by atoms with Crippen molar-refractivity contribution >= 4 is 0 Å². The average molecular weight is 176 g/mol. The average Bonchev–Trinajstić information content (AvgIpc) is 2.83. The third-order valence-electron chi connectivity index (χ3n) is 2.79. The molecule has 3 unspecified atom stereocenters. The van der Waals surface area contributed by atoms with Crippen LogP contribution in [0.3, 0.4) is 0 Å². The van der Waals surface area contributed by atoms with Gasteiger partial charge in [-0.3, -0.25) is 0 Å². The maximum Gasteiger partial charge on any atom is 0.0844 e. The fourth-order valence-electron chi connectivity index (χ4n) is 1.74. The van der Waals surface area contributed by atoms with Gasteiger partial charge < -0.3 is 4.74 Å². The van der Waals surface area contributed by atoms with Crippen LogP contribution in [-0.2, 0) is 4.74 Å². The molecular weight excluding hydrogens is 160 g/mol. The number of rotatable bonds is 3. The summed E-state index contributed by atoms with van der Waals surface area (Å²) in [5, 5.41) is 0. The molecule has 70 valence electrons. The van der Waals surface area contributed by atoms with Gasteiger partial charge in [0, 0.05) is 0 Å². The molecular formula is C12H16O. The fourth-order valence-corrected chi connectivity index (χ4v) is 1.74. The highest BCUT2D eigenvalue weighted by molar-refractivity contribution is 5.19. The first-order valence-electron chi connectivity index (χ1n) is 4.98. The van der Waals surface area contributed by atoms with Gasteiger partial charge >= 0.3 is 0 Å². The maximum atomic E-state index is 5.41. The van der Waals surface area contributed by atoms with Gasteiger partial charge in [0.1, 0.15) is 0 Å². The standard InChI is InChI=1S/C12H16O/c1-9(8-12-10(2)13-12)11-6-4-3-5-7-11/h3-7,9-10,12H,8H2,1-2H3. The molecule has 1 heterocycles. The first-order chi connectivity index (χ1) is 6.27. The summed E-state index contributed by atoms with van der Waals surface area (Å²) in [6.45, 7) is 4.41. The third kappa shape index (κ3) is 2.10. The maximum absolute atomic E-state index is 5.41. The van der Waals surface area contributed by atoms with Crippen LogP contribution in [0.15, 0.2) is 30.3 Å². The summed E-state index contributed by atoms with van der Waals surface area (Å²) in [6.07, 6.45) is 2.16. The summed E-state index contributed by atoms with van der Waals surface area (Å²) >= 11 is 0. The molecule has 0 radical (unpaired) electrons. The van der Waals surface area contributed by atoms with Crippen molar-refractivity contribution in [3.63, 3.8) is 0 Å². The zero-order valence-corrected chi connectivity index (χ0v) is 8.23. The second-order valence-electron chi connectivity index (χ2n) is 3.93. The van der Waals surface area contributed by atoms with Crippen molar-refractivity contribution in [2.45, 2.75) is 38.4 Å². The van der Waals surface area contributed by atoms with Gasteiger partial charge in [0.15, 0.2) is 0 Å². The van der Waals surface area contributed by atoms with Crippen LogP contribution in [0.25, 0.3) is 0 Å². The Balaban J connectivity index is 1.94. The van der Waals surface area contributed by atoms with E-state index in [1.54, 1.807) is 0 Å². The van der Waals surface area contributed by atoms with E-state index in [0.29, 0.717) is 18.1 Å². The van der Waals surface area contributed by atoms with Crippen LogP contribution in [0.4, 0.5) is 0 Å². The van der Waals surface area contributed by atoms with E-state index in [2.05, 4.69) is 44.2 Å². The first-order valence-corrected chi connectivity index (χ1v) is 4.98. The molecule has 0 aromatic heterocycles. The van der Waals surface area contributed by atoms with Crippen LogP contribution in [0, 0.1) is 0 Å². The molecule has 0 spiro atoms. The Morgan fingerprint density at radius 1 is 1.31 bits per heavy atom. The van der Waals surface area contributed by atoms with Gasteiger partial charge in [0.25, 0.3) is 0 Å². The Morgan fingerprint density at radius 3 is 2.46 bits per heavy atom. The molecule has 0 saturated carbocycles. The Labute approximate surface area is 79.7 Å². The smallest absolute Gasteiger partial charge is 0.0844 e. The highest BCUT2D eigenvalue weighted by atomic mass is 16.6. The van der Waals surface area contributed by atoms with Crippen LogP contribution < -0.4 is 0 Å². The SMILES string of the molecule is CC(CC1OC1C)c1ccccc1. The van der Waals surface area contributed by atoms with Crippen LogP contribution >= 0.6 is 0 Å². The van der Waals surface area contributed by atoms with E-state index in [1.165, 1.54) is 5.56 Å². The van der Waals surface area contributed by atoms with Crippen molar-refractivity contribution in [3.8, 4) is 0 Å². The minimum atomic E-state index is 0.492. The van der Waals surface area contributed by atoms with Gasteiger partial charge in [-0.05, 0) is 24.8 Å². The van der Waals surface area contributed by atoms with Gasteiger partial charge in [0.2, 0.25) is 0 Å². The molecule has 0 aliphatic carbocycles. The molecule has 1 aliphatic rings. The molecule has 0 amide bonds. The number of epoxide rings is 1. The van der Waals surface area contributed by atoms with E-state index >= 15 is 0 Å². The van der Waals surface area contributed by atoms with E-state index in [1.807, 2.05) is 0 Å². The molecule has 1 nitrogen and oxygen atoms in total. The molecule has 1 heteroatoms.